The van der Waals surface area contributed by atoms with Crippen molar-refractivity contribution in [1.82, 2.24) is 9.88 Å². The number of nitrogens with one attached hydrogen (secondary N) is 1. The third-order valence-electron chi connectivity index (χ3n) is 5.59. The molecule has 36 heavy (non-hydrogen) atoms. The van der Waals surface area contributed by atoms with Crippen molar-refractivity contribution in [2.45, 2.75) is 51.0 Å². The van der Waals surface area contributed by atoms with E-state index in [2.05, 4.69) is 10.3 Å². The van der Waals surface area contributed by atoms with Gasteiger partial charge in [-0.05, 0) is 50.5 Å². The number of carbonyl (C=O) groups excluding carboxylic acids is 1. The maximum atomic E-state index is 11.8. The van der Waals surface area contributed by atoms with Crippen LogP contribution < -0.4 is 5.32 Å². The number of benzene rings is 2. The summed E-state index contributed by atoms with van der Waals surface area (Å²) in [5, 5.41) is 12.7. The number of anilines is 1. The molecule has 2 amide bonds. The van der Waals surface area contributed by atoms with Crippen LogP contribution in [0.15, 0.2) is 53.4 Å². The molecule has 0 unspecified atom stereocenters. The van der Waals surface area contributed by atoms with Gasteiger partial charge >= 0.3 is 6.09 Å². The monoisotopic (exact) mass is 529 g/mol. The Kier molecular flexibility index (Phi) is 8.20. The minimum atomic E-state index is -3.27. The largest absolute Gasteiger partial charge is 0.465 e. The third-order valence-corrected chi connectivity index (χ3v) is 7.69. The fraction of sp³-hybridized carbons (Fsp3) is 0.346. The number of aromatic nitrogens is 1. The first-order valence-corrected chi connectivity index (χ1v) is 14.1. The van der Waals surface area contributed by atoms with Crippen LogP contribution in [0.5, 0.6) is 0 Å². The van der Waals surface area contributed by atoms with Crippen molar-refractivity contribution in [3.63, 3.8) is 0 Å². The van der Waals surface area contributed by atoms with Gasteiger partial charge < -0.3 is 15.3 Å². The Morgan fingerprint density at radius 3 is 2.11 bits per heavy atom. The summed E-state index contributed by atoms with van der Waals surface area (Å²) >= 11 is 1.38. The van der Waals surface area contributed by atoms with E-state index in [9.17, 15) is 23.1 Å². The SMILES string of the molecule is CC(=O)Nc1nc(-c2ccc(CCN(C(=O)O)C(C)(C)C)cc2)c(Cc2ccc(S(C)(=O)=O)cc2)s1. The molecule has 0 fully saturated rings. The van der Waals surface area contributed by atoms with Crippen molar-refractivity contribution in [2.75, 3.05) is 18.1 Å². The van der Waals surface area contributed by atoms with E-state index in [1.807, 2.05) is 45.0 Å². The summed E-state index contributed by atoms with van der Waals surface area (Å²) in [6.45, 7) is 7.42. The lowest BCUT2D eigenvalue weighted by Crippen LogP contribution is -2.45. The Morgan fingerprint density at radius 2 is 1.61 bits per heavy atom. The Hall–Kier alpha value is -3.24. The van der Waals surface area contributed by atoms with Crippen molar-refractivity contribution in [2.24, 2.45) is 0 Å². The molecule has 0 saturated carbocycles. The number of thiazole rings is 1. The summed E-state index contributed by atoms with van der Waals surface area (Å²) in [5.41, 5.74) is 3.06. The van der Waals surface area contributed by atoms with E-state index in [-0.39, 0.29) is 10.8 Å². The predicted molar refractivity (Wildman–Crippen MR) is 142 cm³/mol. The molecule has 0 aliphatic heterocycles. The first-order chi connectivity index (χ1) is 16.7. The van der Waals surface area contributed by atoms with Crippen molar-refractivity contribution < 1.29 is 23.1 Å². The van der Waals surface area contributed by atoms with Gasteiger partial charge in [-0.3, -0.25) is 4.79 Å². The van der Waals surface area contributed by atoms with Gasteiger partial charge in [-0.1, -0.05) is 36.4 Å². The van der Waals surface area contributed by atoms with Crippen LogP contribution in [-0.2, 0) is 27.5 Å². The van der Waals surface area contributed by atoms with E-state index in [1.165, 1.54) is 29.4 Å². The van der Waals surface area contributed by atoms with Crippen molar-refractivity contribution in [3.8, 4) is 11.3 Å². The van der Waals surface area contributed by atoms with Crippen LogP contribution in [0.4, 0.5) is 9.93 Å². The Balaban J connectivity index is 1.84. The number of hydrogen-bond donors (Lipinski definition) is 2. The lowest BCUT2D eigenvalue weighted by Gasteiger charge is -2.33. The molecule has 192 valence electrons. The molecule has 2 N–H and O–H groups in total. The number of hydrogen-bond acceptors (Lipinski definition) is 6. The van der Waals surface area contributed by atoms with Crippen molar-refractivity contribution in [1.29, 1.82) is 0 Å². The highest BCUT2D eigenvalue weighted by Crippen LogP contribution is 2.33. The summed E-state index contributed by atoms with van der Waals surface area (Å²) in [6, 6.07) is 14.6. The minimum absolute atomic E-state index is 0.212. The van der Waals surface area contributed by atoms with Gasteiger partial charge in [-0.2, -0.15) is 0 Å². The van der Waals surface area contributed by atoms with E-state index in [0.717, 1.165) is 27.3 Å². The number of sulfone groups is 1. The molecular weight excluding hydrogens is 498 g/mol. The maximum absolute atomic E-state index is 11.8. The Labute approximate surface area is 215 Å². The molecule has 10 heteroatoms. The van der Waals surface area contributed by atoms with Crippen LogP contribution in [0.2, 0.25) is 0 Å². The van der Waals surface area contributed by atoms with Gasteiger partial charge in [0.25, 0.3) is 0 Å². The summed E-state index contributed by atoms with van der Waals surface area (Å²) < 4.78 is 23.5. The second-order valence-corrected chi connectivity index (χ2v) is 12.7. The van der Waals surface area contributed by atoms with Crippen LogP contribution in [-0.4, -0.2) is 53.7 Å². The molecule has 0 aliphatic carbocycles. The summed E-state index contributed by atoms with van der Waals surface area (Å²) in [7, 11) is -3.27. The van der Waals surface area contributed by atoms with Gasteiger partial charge in [0.1, 0.15) is 0 Å². The molecule has 0 atom stereocenters. The average Bonchev–Trinajstić information content (AvgIpc) is 3.14. The molecule has 0 spiro atoms. The zero-order valence-electron chi connectivity index (χ0n) is 21.0. The summed E-state index contributed by atoms with van der Waals surface area (Å²) in [4.78, 5) is 30.5. The zero-order chi connectivity index (χ0) is 26.7. The van der Waals surface area contributed by atoms with Crippen LogP contribution >= 0.6 is 11.3 Å². The molecule has 3 rings (SSSR count). The quantitative estimate of drug-likeness (QED) is 0.420. The van der Waals surface area contributed by atoms with Gasteiger partial charge in [0.05, 0.1) is 10.6 Å². The van der Waals surface area contributed by atoms with Gasteiger partial charge in [0, 0.05) is 42.1 Å². The molecule has 2 aromatic carbocycles. The normalized spacial score (nSPS) is 11.8. The fourth-order valence-electron chi connectivity index (χ4n) is 3.73. The van der Waals surface area contributed by atoms with Crippen molar-refractivity contribution >= 4 is 38.3 Å². The van der Waals surface area contributed by atoms with E-state index in [0.29, 0.717) is 24.5 Å². The molecule has 3 aromatic rings. The number of carbonyl (C=O) groups is 2. The fourth-order valence-corrected chi connectivity index (χ4v) is 5.42. The standard InChI is InChI=1S/C26H31N3O5S2/c1-17(30)27-24-28-23(22(35-24)16-19-8-12-21(13-9-19)36(5,33)34)20-10-6-18(7-11-20)14-15-29(25(31)32)26(2,3)4/h6-13H,14-16H2,1-5H3,(H,31,32)(H,27,28,30). The zero-order valence-corrected chi connectivity index (χ0v) is 22.7. The molecule has 0 saturated heterocycles. The lowest BCUT2D eigenvalue weighted by atomic mass is 10.0. The smallest absolute Gasteiger partial charge is 0.407 e. The summed E-state index contributed by atoms with van der Waals surface area (Å²) in [5.74, 6) is -0.212. The topological polar surface area (TPSA) is 117 Å². The van der Waals surface area contributed by atoms with E-state index >= 15 is 0 Å². The highest BCUT2D eigenvalue weighted by atomic mass is 32.2. The second-order valence-electron chi connectivity index (χ2n) is 9.62. The first kappa shape index (κ1) is 27.3. The van der Waals surface area contributed by atoms with E-state index in [1.54, 1.807) is 24.3 Å². The minimum Gasteiger partial charge on any atom is -0.465 e. The predicted octanol–water partition coefficient (Wildman–Crippen LogP) is 5.08. The van der Waals surface area contributed by atoms with Crippen molar-refractivity contribution in [3.05, 3.63) is 64.5 Å². The summed E-state index contributed by atoms with van der Waals surface area (Å²) in [6.07, 6.45) is 1.34. The number of carboxylic acid groups (broad SMARTS) is 1. The molecular formula is C26H31N3O5S2. The lowest BCUT2D eigenvalue weighted by molar-refractivity contribution is -0.114. The highest BCUT2D eigenvalue weighted by molar-refractivity contribution is 7.90. The van der Waals surface area contributed by atoms with E-state index in [4.69, 9.17) is 0 Å². The van der Waals surface area contributed by atoms with E-state index < -0.39 is 21.5 Å². The van der Waals surface area contributed by atoms with Crippen LogP contribution in [0, 0.1) is 0 Å². The highest BCUT2D eigenvalue weighted by Gasteiger charge is 2.25. The number of amides is 2. The van der Waals surface area contributed by atoms with Gasteiger partial charge in [-0.15, -0.1) is 11.3 Å². The first-order valence-electron chi connectivity index (χ1n) is 11.4. The third kappa shape index (κ3) is 7.14. The Morgan fingerprint density at radius 1 is 1.03 bits per heavy atom. The molecule has 1 aromatic heterocycles. The number of rotatable bonds is 8. The van der Waals surface area contributed by atoms with Crippen LogP contribution in [0.3, 0.4) is 0 Å². The molecule has 8 nitrogen and oxygen atoms in total. The molecule has 0 aliphatic rings. The van der Waals surface area contributed by atoms with Gasteiger partial charge in [0.2, 0.25) is 5.91 Å². The number of nitrogens with zero attached hydrogens (tertiary/aromatic N) is 2. The molecule has 0 bridgehead atoms. The second kappa shape index (κ2) is 10.8. The molecule has 0 radical (unpaired) electrons. The maximum Gasteiger partial charge on any atom is 0.407 e. The van der Waals surface area contributed by atoms with Gasteiger partial charge in [0.15, 0.2) is 15.0 Å². The van der Waals surface area contributed by atoms with Crippen LogP contribution in [0.25, 0.3) is 11.3 Å². The van der Waals surface area contributed by atoms with Gasteiger partial charge in [-0.25, -0.2) is 18.2 Å². The Bertz CT molecular complexity index is 1340. The average molecular weight is 530 g/mol. The van der Waals surface area contributed by atoms with Crippen LogP contribution in [0.1, 0.15) is 43.7 Å². The molecule has 1 heterocycles.